The van der Waals surface area contributed by atoms with Gasteiger partial charge < -0.3 is 9.84 Å². The number of hydrogen-bond acceptors (Lipinski definition) is 3. The maximum Gasteiger partial charge on any atom is 0.278 e. The van der Waals surface area contributed by atoms with Crippen LogP contribution in [0.25, 0.3) is 0 Å². The third-order valence-corrected chi connectivity index (χ3v) is 3.30. The lowest BCUT2D eigenvalue weighted by Crippen LogP contribution is -2.14. The molecule has 0 radical (unpaired) electrons. The molecule has 1 N–H and O–H groups in total. The number of rotatable bonds is 2. The number of benzene rings is 1. The fourth-order valence-electron chi connectivity index (χ4n) is 1.55. The highest BCUT2D eigenvalue weighted by molar-refractivity contribution is 6.31. The van der Waals surface area contributed by atoms with E-state index in [2.05, 4.69) is 10.5 Å². The first-order chi connectivity index (χ1) is 8.50. The number of nitrogens with one attached hydrogen (secondary N) is 1. The van der Waals surface area contributed by atoms with Gasteiger partial charge in [0.2, 0.25) is 0 Å². The Morgan fingerprint density at radius 3 is 2.61 bits per heavy atom. The lowest BCUT2D eigenvalue weighted by Gasteiger charge is -2.08. The second kappa shape index (κ2) is 4.82. The van der Waals surface area contributed by atoms with E-state index in [4.69, 9.17) is 16.1 Å². The second-order valence-electron chi connectivity index (χ2n) is 4.08. The zero-order chi connectivity index (χ0) is 13.3. The number of halogens is 1. The Morgan fingerprint density at radius 1 is 1.28 bits per heavy atom. The van der Waals surface area contributed by atoms with E-state index in [9.17, 15) is 4.79 Å². The number of carbonyl (C=O) groups is 1. The van der Waals surface area contributed by atoms with E-state index in [1.807, 2.05) is 6.92 Å². The molecule has 0 saturated heterocycles. The molecule has 1 heterocycles. The number of anilines is 1. The average molecular weight is 265 g/mol. The van der Waals surface area contributed by atoms with Crippen LogP contribution in [0, 0.1) is 20.8 Å². The van der Waals surface area contributed by atoms with Crippen molar-refractivity contribution in [3.05, 3.63) is 45.8 Å². The van der Waals surface area contributed by atoms with Crippen LogP contribution in [0.2, 0.25) is 5.02 Å². The SMILES string of the molecule is Cc1onc(C(=O)Nc2cccc(Cl)c2C)c1C. The summed E-state index contributed by atoms with van der Waals surface area (Å²) in [5.41, 5.74) is 2.54. The molecule has 2 rings (SSSR count). The van der Waals surface area contributed by atoms with E-state index < -0.39 is 0 Å². The molecule has 0 unspecified atom stereocenters. The second-order valence-corrected chi connectivity index (χ2v) is 4.49. The molecule has 0 saturated carbocycles. The average Bonchev–Trinajstić information content (AvgIpc) is 2.66. The lowest BCUT2D eigenvalue weighted by molar-refractivity contribution is 0.101. The molecule has 0 aliphatic rings. The molecule has 0 aliphatic carbocycles. The Labute approximate surface area is 110 Å². The van der Waals surface area contributed by atoms with E-state index >= 15 is 0 Å². The van der Waals surface area contributed by atoms with Gasteiger partial charge in [0.15, 0.2) is 5.69 Å². The number of hydrogen-bond donors (Lipinski definition) is 1. The summed E-state index contributed by atoms with van der Waals surface area (Å²) in [5.74, 6) is 0.345. The minimum atomic E-state index is -0.297. The van der Waals surface area contributed by atoms with Crippen molar-refractivity contribution in [2.24, 2.45) is 0 Å². The first kappa shape index (κ1) is 12.6. The lowest BCUT2D eigenvalue weighted by atomic mass is 10.1. The van der Waals surface area contributed by atoms with Gasteiger partial charge in [0, 0.05) is 16.3 Å². The van der Waals surface area contributed by atoms with Gasteiger partial charge in [-0.25, -0.2) is 0 Å². The summed E-state index contributed by atoms with van der Waals surface area (Å²) in [6.45, 7) is 5.41. The first-order valence-corrected chi connectivity index (χ1v) is 5.88. The van der Waals surface area contributed by atoms with E-state index in [-0.39, 0.29) is 5.91 Å². The maximum absolute atomic E-state index is 12.0. The van der Waals surface area contributed by atoms with E-state index in [1.54, 1.807) is 32.0 Å². The van der Waals surface area contributed by atoms with Crippen molar-refractivity contribution in [1.29, 1.82) is 0 Å². The van der Waals surface area contributed by atoms with Gasteiger partial charge in [-0.15, -0.1) is 0 Å². The molecule has 94 valence electrons. The van der Waals surface area contributed by atoms with Gasteiger partial charge in [-0.2, -0.15) is 0 Å². The fourth-order valence-corrected chi connectivity index (χ4v) is 1.73. The molecule has 1 aromatic heterocycles. The Morgan fingerprint density at radius 2 is 2.00 bits per heavy atom. The summed E-state index contributed by atoms with van der Waals surface area (Å²) < 4.78 is 4.97. The van der Waals surface area contributed by atoms with Crippen molar-refractivity contribution < 1.29 is 9.32 Å². The van der Waals surface area contributed by atoms with E-state index in [0.29, 0.717) is 22.2 Å². The highest BCUT2D eigenvalue weighted by Crippen LogP contribution is 2.23. The summed E-state index contributed by atoms with van der Waals surface area (Å²) in [4.78, 5) is 12.0. The van der Waals surface area contributed by atoms with Crippen molar-refractivity contribution in [2.45, 2.75) is 20.8 Å². The molecule has 1 aromatic carbocycles. The predicted octanol–water partition coefficient (Wildman–Crippen LogP) is 3.51. The highest BCUT2D eigenvalue weighted by atomic mass is 35.5. The summed E-state index contributed by atoms with van der Waals surface area (Å²) in [5, 5.41) is 7.13. The summed E-state index contributed by atoms with van der Waals surface area (Å²) in [6, 6.07) is 5.35. The van der Waals surface area contributed by atoms with E-state index in [1.165, 1.54) is 0 Å². The largest absolute Gasteiger partial charge is 0.361 e. The molecule has 0 fully saturated rings. The molecule has 1 amide bonds. The third kappa shape index (κ3) is 2.24. The summed E-state index contributed by atoms with van der Waals surface area (Å²) >= 11 is 5.99. The topological polar surface area (TPSA) is 55.1 Å². The molecular formula is C13H13ClN2O2. The Kier molecular flexibility index (Phi) is 3.39. The molecule has 0 spiro atoms. The number of nitrogens with zero attached hydrogens (tertiary/aromatic N) is 1. The van der Waals surface area contributed by atoms with Gasteiger partial charge >= 0.3 is 0 Å². The maximum atomic E-state index is 12.0. The number of carbonyl (C=O) groups excluding carboxylic acids is 1. The van der Waals surface area contributed by atoms with Gasteiger partial charge in [0.05, 0.1) is 0 Å². The highest BCUT2D eigenvalue weighted by Gasteiger charge is 2.17. The number of aromatic nitrogens is 1. The Bertz CT molecular complexity index is 605. The number of amides is 1. The third-order valence-electron chi connectivity index (χ3n) is 2.89. The van der Waals surface area contributed by atoms with Crippen molar-refractivity contribution >= 4 is 23.2 Å². The zero-order valence-corrected chi connectivity index (χ0v) is 11.1. The molecule has 4 nitrogen and oxygen atoms in total. The van der Waals surface area contributed by atoms with Gasteiger partial charge in [-0.1, -0.05) is 22.8 Å². The summed E-state index contributed by atoms with van der Waals surface area (Å²) in [6.07, 6.45) is 0. The van der Waals surface area contributed by atoms with Crippen LogP contribution < -0.4 is 5.32 Å². The minimum Gasteiger partial charge on any atom is -0.361 e. The monoisotopic (exact) mass is 264 g/mol. The van der Waals surface area contributed by atoms with Crippen LogP contribution in [0.4, 0.5) is 5.69 Å². The van der Waals surface area contributed by atoms with Crippen molar-refractivity contribution in [3.8, 4) is 0 Å². The summed E-state index contributed by atoms with van der Waals surface area (Å²) in [7, 11) is 0. The van der Waals surface area contributed by atoms with Crippen molar-refractivity contribution in [2.75, 3.05) is 5.32 Å². The standard InChI is InChI=1S/C13H13ClN2O2/c1-7-9(3)18-16-12(7)13(17)15-11-6-4-5-10(14)8(11)2/h4-6H,1-3H3,(H,15,17). The Hall–Kier alpha value is -1.81. The van der Waals surface area contributed by atoms with Crippen LogP contribution in [0.15, 0.2) is 22.7 Å². The van der Waals surface area contributed by atoms with Crippen molar-refractivity contribution in [1.82, 2.24) is 5.16 Å². The van der Waals surface area contributed by atoms with Crippen LogP contribution >= 0.6 is 11.6 Å². The molecule has 2 aromatic rings. The fraction of sp³-hybridized carbons (Fsp3) is 0.231. The van der Waals surface area contributed by atoms with Gasteiger partial charge in [0.1, 0.15) is 5.76 Å². The zero-order valence-electron chi connectivity index (χ0n) is 10.4. The normalized spacial score (nSPS) is 10.4. The van der Waals surface area contributed by atoms with E-state index in [0.717, 1.165) is 11.1 Å². The molecule has 0 bridgehead atoms. The van der Waals surface area contributed by atoms with Crippen LogP contribution in [0.3, 0.4) is 0 Å². The molecule has 18 heavy (non-hydrogen) atoms. The van der Waals surface area contributed by atoms with Crippen molar-refractivity contribution in [3.63, 3.8) is 0 Å². The van der Waals surface area contributed by atoms with Crippen LogP contribution in [0.5, 0.6) is 0 Å². The van der Waals surface area contributed by atoms with Gasteiger partial charge in [-0.3, -0.25) is 4.79 Å². The Balaban J connectivity index is 2.27. The van der Waals surface area contributed by atoms with Gasteiger partial charge in [-0.05, 0) is 38.5 Å². The minimum absolute atomic E-state index is 0.297. The molecule has 0 atom stereocenters. The van der Waals surface area contributed by atoms with Crippen LogP contribution in [0.1, 0.15) is 27.4 Å². The number of aryl methyl sites for hydroxylation is 1. The van der Waals surface area contributed by atoms with Crippen LogP contribution in [-0.4, -0.2) is 11.1 Å². The van der Waals surface area contributed by atoms with Gasteiger partial charge in [0.25, 0.3) is 5.91 Å². The predicted molar refractivity (Wildman–Crippen MR) is 70.1 cm³/mol. The smallest absolute Gasteiger partial charge is 0.278 e. The quantitative estimate of drug-likeness (QED) is 0.903. The molecular weight excluding hydrogens is 252 g/mol. The first-order valence-electron chi connectivity index (χ1n) is 5.50. The molecule has 0 aliphatic heterocycles. The molecule has 5 heteroatoms. The van der Waals surface area contributed by atoms with Crippen LogP contribution in [-0.2, 0) is 0 Å².